The van der Waals surface area contributed by atoms with E-state index in [4.69, 9.17) is 44.9 Å². The van der Waals surface area contributed by atoms with E-state index >= 15 is 0 Å². The molecule has 0 spiro atoms. The summed E-state index contributed by atoms with van der Waals surface area (Å²) < 4.78 is 11.0. The first-order valence-corrected chi connectivity index (χ1v) is 9.57. The van der Waals surface area contributed by atoms with Gasteiger partial charge in [0.05, 0.1) is 16.6 Å². The summed E-state index contributed by atoms with van der Waals surface area (Å²) >= 11 is 20.0. The van der Waals surface area contributed by atoms with Gasteiger partial charge in [0.15, 0.2) is 11.7 Å². The Bertz CT molecular complexity index is 914. The molecule has 0 heterocycles. The number of carbonyl (C=O) groups is 2. The van der Waals surface area contributed by atoms with E-state index in [1.165, 1.54) is 13.2 Å². The zero-order chi connectivity index (χ0) is 20.7. The summed E-state index contributed by atoms with van der Waals surface area (Å²) in [6, 6.07) is 9.42. The molecule has 2 aromatic rings. The van der Waals surface area contributed by atoms with Crippen LogP contribution in [0.15, 0.2) is 40.9 Å². The summed E-state index contributed by atoms with van der Waals surface area (Å²) in [6.07, 6.45) is 0. The largest absolute Gasteiger partial charge is 0.496 e. The lowest BCUT2D eigenvalue weighted by molar-refractivity contribution is -0.121. The molecule has 0 radical (unpaired) electrons. The highest BCUT2D eigenvalue weighted by Crippen LogP contribution is 2.27. The van der Waals surface area contributed by atoms with Crippen LogP contribution in [0.3, 0.4) is 0 Å². The molecule has 0 fully saturated rings. The number of benzene rings is 2. The normalized spacial score (nSPS) is 10.0. The lowest BCUT2D eigenvalue weighted by atomic mass is 10.2. The van der Waals surface area contributed by atoms with Crippen LogP contribution in [0.1, 0.15) is 10.4 Å². The first-order chi connectivity index (χ1) is 13.3. The molecule has 0 saturated carbocycles. The zero-order valence-electron chi connectivity index (χ0n) is 14.3. The van der Waals surface area contributed by atoms with Gasteiger partial charge in [-0.15, -0.1) is 0 Å². The van der Waals surface area contributed by atoms with Crippen LogP contribution in [0.5, 0.6) is 11.5 Å². The number of nitrogens with one attached hydrogen (secondary N) is 3. The Morgan fingerprint density at radius 1 is 1.11 bits per heavy atom. The molecular weight excluding hydrogens is 493 g/mol. The number of methoxy groups -OCH3 is 1. The highest BCUT2D eigenvalue weighted by atomic mass is 79.9. The molecule has 2 aromatic carbocycles. The lowest BCUT2D eigenvalue weighted by Gasteiger charge is -2.12. The van der Waals surface area contributed by atoms with E-state index in [2.05, 4.69) is 32.1 Å². The number of halogens is 3. The monoisotopic (exact) mass is 505 g/mol. The van der Waals surface area contributed by atoms with Crippen molar-refractivity contribution in [2.75, 3.05) is 13.7 Å². The van der Waals surface area contributed by atoms with Crippen LogP contribution in [0.25, 0.3) is 0 Å². The predicted molar refractivity (Wildman–Crippen MR) is 114 cm³/mol. The van der Waals surface area contributed by atoms with Gasteiger partial charge in [-0.05, 0) is 64.5 Å². The molecule has 0 aliphatic heterocycles. The maximum Gasteiger partial charge on any atom is 0.269 e. The fourth-order valence-electron chi connectivity index (χ4n) is 1.92. The van der Waals surface area contributed by atoms with Gasteiger partial charge >= 0.3 is 0 Å². The van der Waals surface area contributed by atoms with Gasteiger partial charge in [0.2, 0.25) is 0 Å². The third kappa shape index (κ3) is 6.52. The van der Waals surface area contributed by atoms with Crippen molar-refractivity contribution in [3.63, 3.8) is 0 Å². The molecule has 0 unspecified atom stereocenters. The molecule has 11 heteroatoms. The molecule has 28 heavy (non-hydrogen) atoms. The molecule has 2 rings (SSSR count). The minimum Gasteiger partial charge on any atom is -0.496 e. The third-order valence-corrected chi connectivity index (χ3v) is 4.56. The second-order valence-corrected chi connectivity index (χ2v) is 7.28. The van der Waals surface area contributed by atoms with Gasteiger partial charge in [0.1, 0.15) is 11.5 Å². The minimum atomic E-state index is -0.537. The van der Waals surface area contributed by atoms with Crippen molar-refractivity contribution >= 4 is 68.3 Å². The Kier molecular flexibility index (Phi) is 8.31. The second kappa shape index (κ2) is 10.5. The molecule has 0 bridgehead atoms. The van der Waals surface area contributed by atoms with Crippen LogP contribution in [0.4, 0.5) is 0 Å². The summed E-state index contributed by atoms with van der Waals surface area (Å²) in [6.45, 7) is -0.331. The van der Waals surface area contributed by atoms with Crippen molar-refractivity contribution in [1.29, 1.82) is 0 Å². The van der Waals surface area contributed by atoms with Crippen LogP contribution in [0, 0.1) is 0 Å². The SMILES string of the molecule is COc1ccc(C(=O)NNC(=S)NC(=O)COc2ccc(Cl)cc2Cl)cc1Br. The number of carbonyl (C=O) groups excluding carboxylic acids is 2. The van der Waals surface area contributed by atoms with Crippen LogP contribution in [0.2, 0.25) is 10.0 Å². The molecule has 7 nitrogen and oxygen atoms in total. The van der Waals surface area contributed by atoms with E-state index in [-0.39, 0.29) is 16.7 Å². The Labute approximate surface area is 184 Å². The summed E-state index contributed by atoms with van der Waals surface area (Å²) in [7, 11) is 1.52. The van der Waals surface area contributed by atoms with Crippen LogP contribution in [-0.2, 0) is 4.79 Å². The average Bonchev–Trinajstić information content (AvgIpc) is 2.65. The van der Waals surface area contributed by atoms with Crippen LogP contribution in [-0.4, -0.2) is 30.6 Å². The van der Waals surface area contributed by atoms with Crippen LogP contribution < -0.4 is 25.6 Å². The zero-order valence-corrected chi connectivity index (χ0v) is 18.3. The van der Waals surface area contributed by atoms with Crippen molar-refractivity contribution in [3.05, 3.63) is 56.5 Å². The van der Waals surface area contributed by atoms with Gasteiger partial charge in [-0.3, -0.25) is 25.8 Å². The van der Waals surface area contributed by atoms with Gasteiger partial charge in [-0.2, -0.15) is 0 Å². The fourth-order valence-corrected chi connectivity index (χ4v) is 3.09. The molecule has 3 N–H and O–H groups in total. The van der Waals surface area contributed by atoms with Gasteiger partial charge in [-0.25, -0.2) is 0 Å². The highest BCUT2D eigenvalue weighted by molar-refractivity contribution is 9.10. The van der Waals surface area contributed by atoms with Crippen molar-refractivity contribution < 1.29 is 19.1 Å². The number of ether oxygens (including phenoxy) is 2. The molecule has 0 aromatic heterocycles. The van der Waals surface area contributed by atoms with Gasteiger partial charge < -0.3 is 9.47 Å². The lowest BCUT2D eigenvalue weighted by Crippen LogP contribution is -2.49. The van der Waals surface area contributed by atoms with Crippen molar-refractivity contribution in [2.24, 2.45) is 0 Å². The van der Waals surface area contributed by atoms with E-state index in [1.54, 1.807) is 30.3 Å². The Morgan fingerprint density at radius 2 is 1.82 bits per heavy atom. The average molecular weight is 507 g/mol. The molecule has 2 amide bonds. The van der Waals surface area contributed by atoms with Gasteiger partial charge in [0, 0.05) is 10.6 Å². The standard InChI is InChI=1S/C17H14BrCl2N3O4S/c1-26-13-4-2-9(6-11(13)18)16(25)22-23-17(28)21-15(24)8-27-14-5-3-10(19)7-12(14)20/h2-7H,8H2,1H3,(H,22,25)(H2,21,23,24,28). The summed E-state index contributed by atoms with van der Waals surface area (Å²) in [4.78, 5) is 24.0. The first-order valence-electron chi connectivity index (χ1n) is 7.61. The number of hydrogen-bond acceptors (Lipinski definition) is 5. The predicted octanol–water partition coefficient (Wildman–Crippen LogP) is 3.48. The van der Waals surface area contributed by atoms with Gasteiger partial charge in [-0.1, -0.05) is 23.2 Å². The van der Waals surface area contributed by atoms with E-state index < -0.39 is 11.8 Å². The number of rotatable bonds is 5. The van der Waals surface area contributed by atoms with Crippen molar-refractivity contribution in [3.8, 4) is 11.5 Å². The smallest absolute Gasteiger partial charge is 0.269 e. The summed E-state index contributed by atoms with van der Waals surface area (Å²) in [5.74, 6) is -0.0966. The maximum atomic E-state index is 12.1. The molecule has 0 aliphatic rings. The fraction of sp³-hybridized carbons (Fsp3) is 0.118. The van der Waals surface area contributed by atoms with Gasteiger partial charge in [0.25, 0.3) is 11.8 Å². The second-order valence-electron chi connectivity index (χ2n) is 5.17. The number of thiocarbonyl (C=S) groups is 1. The van der Waals surface area contributed by atoms with E-state index in [0.717, 1.165) is 0 Å². The number of hydrogen-bond donors (Lipinski definition) is 3. The quantitative estimate of drug-likeness (QED) is 0.425. The van der Waals surface area contributed by atoms with Crippen molar-refractivity contribution in [2.45, 2.75) is 0 Å². The number of hydrazine groups is 1. The van der Waals surface area contributed by atoms with E-state index in [9.17, 15) is 9.59 Å². The summed E-state index contributed by atoms with van der Waals surface area (Å²) in [5.41, 5.74) is 5.16. The molecule has 0 saturated heterocycles. The van der Waals surface area contributed by atoms with E-state index in [0.29, 0.717) is 26.6 Å². The Hall–Kier alpha value is -2.07. The first kappa shape index (κ1) is 22.2. The molecule has 0 aliphatic carbocycles. The van der Waals surface area contributed by atoms with E-state index in [1.807, 2.05) is 0 Å². The molecular formula is C17H14BrCl2N3O4S. The Morgan fingerprint density at radius 3 is 2.46 bits per heavy atom. The third-order valence-electron chi connectivity index (χ3n) is 3.21. The molecule has 148 valence electrons. The van der Waals surface area contributed by atoms with Crippen LogP contribution >= 0.6 is 51.3 Å². The minimum absolute atomic E-state index is 0.100. The Balaban J connectivity index is 1.79. The highest BCUT2D eigenvalue weighted by Gasteiger charge is 2.11. The maximum absolute atomic E-state index is 12.1. The number of amides is 2. The molecule has 0 atom stereocenters. The van der Waals surface area contributed by atoms with Crippen molar-refractivity contribution in [1.82, 2.24) is 16.2 Å². The summed E-state index contributed by atoms with van der Waals surface area (Å²) in [5, 5.41) is 2.99. The topological polar surface area (TPSA) is 88.7 Å².